The SMILES string of the molecule is CCC(CC)C1CCN(c2nnc(Cl)cc2C(N)=O)C1. The molecule has 20 heavy (non-hydrogen) atoms. The van der Waals surface area contributed by atoms with Crippen LogP contribution in [0, 0.1) is 11.8 Å². The van der Waals surface area contributed by atoms with E-state index in [0.29, 0.717) is 17.3 Å². The first-order valence-electron chi connectivity index (χ1n) is 7.14. The zero-order chi connectivity index (χ0) is 14.7. The topological polar surface area (TPSA) is 72.1 Å². The molecule has 1 fully saturated rings. The second-order valence-electron chi connectivity index (χ2n) is 5.34. The van der Waals surface area contributed by atoms with Crippen LogP contribution in [0.4, 0.5) is 5.82 Å². The number of nitrogens with zero attached hydrogens (tertiary/aromatic N) is 3. The number of halogens is 1. The molecule has 0 saturated carbocycles. The molecule has 2 heterocycles. The molecular weight excluding hydrogens is 276 g/mol. The summed E-state index contributed by atoms with van der Waals surface area (Å²) in [4.78, 5) is 13.6. The zero-order valence-corrected chi connectivity index (χ0v) is 12.7. The molecule has 1 aliphatic rings. The number of aromatic nitrogens is 2. The van der Waals surface area contributed by atoms with E-state index in [1.807, 2.05) is 0 Å². The summed E-state index contributed by atoms with van der Waals surface area (Å²) in [5.41, 5.74) is 5.76. The van der Waals surface area contributed by atoms with Crippen LogP contribution in [-0.2, 0) is 0 Å². The number of primary amides is 1. The van der Waals surface area contributed by atoms with Crippen LogP contribution in [0.15, 0.2) is 6.07 Å². The van der Waals surface area contributed by atoms with Crippen molar-refractivity contribution in [2.75, 3.05) is 18.0 Å². The van der Waals surface area contributed by atoms with Crippen molar-refractivity contribution in [2.45, 2.75) is 33.1 Å². The lowest BCUT2D eigenvalue weighted by molar-refractivity contribution is 0.100. The molecule has 1 saturated heterocycles. The number of anilines is 1. The molecule has 5 nitrogen and oxygen atoms in total. The average Bonchev–Trinajstić information content (AvgIpc) is 2.89. The van der Waals surface area contributed by atoms with Crippen molar-refractivity contribution in [1.82, 2.24) is 10.2 Å². The van der Waals surface area contributed by atoms with Gasteiger partial charge in [0.1, 0.15) is 0 Å². The fourth-order valence-corrected chi connectivity index (χ4v) is 3.24. The van der Waals surface area contributed by atoms with Crippen molar-refractivity contribution in [3.63, 3.8) is 0 Å². The van der Waals surface area contributed by atoms with E-state index in [-0.39, 0.29) is 5.15 Å². The van der Waals surface area contributed by atoms with Crippen LogP contribution in [0.1, 0.15) is 43.5 Å². The Hall–Kier alpha value is -1.36. The van der Waals surface area contributed by atoms with Crippen molar-refractivity contribution in [3.05, 3.63) is 16.8 Å². The first kappa shape index (κ1) is 15.0. The standard InChI is InChI=1S/C14H21ClN4O/c1-3-9(4-2)10-5-6-19(8-10)14-11(13(16)20)7-12(15)17-18-14/h7,9-10H,3-6,8H2,1-2H3,(H2,16,20). The first-order valence-corrected chi connectivity index (χ1v) is 7.52. The Labute approximate surface area is 124 Å². The van der Waals surface area contributed by atoms with Crippen molar-refractivity contribution < 1.29 is 4.79 Å². The van der Waals surface area contributed by atoms with E-state index in [1.165, 1.54) is 18.9 Å². The zero-order valence-electron chi connectivity index (χ0n) is 12.0. The summed E-state index contributed by atoms with van der Waals surface area (Å²) in [5, 5.41) is 8.11. The van der Waals surface area contributed by atoms with Gasteiger partial charge >= 0.3 is 0 Å². The van der Waals surface area contributed by atoms with Gasteiger partial charge in [-0.2, -0.15) is 0 Å². The van der Waals surface area contributed by atoms with Crippen LogP contribution in [0.25, 0.3) is 0 Å². The highest BCUT2D eigenvalue weighted by Crippen LogP contribution is 2.32. The van der Waals surface area contributed by atoms with Gasteiger partial charge in [0.25, 0.3) is 5.91 Å². The molecule has 6 heteroatoms. The van der Waals surface area contributed by atoms with Gasteiger partial charge in [-0.1, -0.05) is 38.3 Å². The number of carbonyl (C=O) groups excluding carboxylic acids is 1. The van der Waals surface area contributed by atoms with Crippen molar-refractivity contribution >= 4 is 23.3 Å². The Bertz CT molecular complexity index is 490. The molecule has 0 aromatic carbocycles. The molecule has 0 radical (unpaired) electrons. The maximum absolute atomic E-state index is 11.5. The van der Waals surface area contributed by atoms with Gasteiger partial charge in [-0.15, -0.1) is 10.2 Å². The highest BCUT2D eigenvalue weighted by atomic mass is 35.5. The highest BCUT2D eigenvalue weighted by molar-refractivity contribution is 6.29. The molecule has 1 aromatic heterocycles. The van der Waals surface area contributed by atoms with Gasteiger partial charge in [0.2, 0.25) is 0 Å². The summed E-state index contributed by atoms with van der Waals surface area (Å²) in [6, 6.07) is 1.50. The Morgan fingerprint density at radius 3 is 2.80 bits per heavy atom. The fraction of sp³-hybridized carbons (Fsp3) is 0.643. The predicted molar refractivity (Wildman–Crippen MR) is 80.0 cm³/mol. The second-order valence-corrected chi connectivity index (χ2v) is 5.73. The quantitative estimate of drug-likeness (QED) is 0.906. The molecule has 1 atom stereocenters. The van der Waals surface area contributed by atoms with Gasteiger partial charge < -0.3 is 10.6 Å². The van der Waals surface area contributed by atoms with Gasteiger partial charge in [-0.25, -0.2) is 0 Å². The number of rotatable bonds is 5. The number of hydrogen-bond acceptors (Lipinski definition) is 4. The van der Waals surface area contributed by atoms with E-state index >= 15 is 0 Å². The number of carbonyl (C=O) groups is 1. The molecule has 1 unspecified atom stereocenters. The predicted octanol–water partition coefficient (Wildman–Crippen LogP) is 2.49. The fourth-order valence-electron chi connectivity index (χ4n) is 3.10. The lowest BCUT2D eigenvalue weighted by atomic mass is 9.87. The van der Waals surface area contributed by atoms with E-state index < -0.39 is 5.91 Å². The van der Waals surface area contributed by atoms with Gasteiger partial charge in [-0.05, 0) is 24.3 Å². The van der Waals surface area contributed by atoms with Crippen molar-refractivity contribution in [3.8, 4) is 0 Å². The Kier molecular flexibility index (Phi) is 4.81. The number of nitrogens with two attached hydrogens (primary N) is 1. The van der Waals surface area contributed by atoms with E-state index in [4.69, 9.17) is 17.3 Å². The number of hydrogen-bond donors (Lipinski definition) is 1. The van der Waals surface area contributed by atoms with E-state index in [2.05, 4.69) is 28.9 Å². The molecule has 1 amide bonds. The maximum Gasteiger partial charge on any atom is 0.252 e. The third-order valence-electron chi connectivity index (χ3n) is 4.25. The molecule has 1 aromatic rings. The van der Waals surface area contributed by atoms with Gasteiger partial charge in [0.05, 0.1) is 5.56 Å². The summed E-state index contributed by atoms with van der Waals surface area (Å²) in [5.74, 6) is 1.42. The van der Waals surface area contributed by atoms with E-state index in [0.717, 1.165) is 25.4 Å². The number of amides is 1. The van der Waals surface area contributed by atoms with E-state index in [1.54, 1.807) is 0 Å². The minimum atomic E-state index is -0.511. The van der Waals surface area contributed by atoms with Crippen LogP contribution in [-0.4, -0.2) is 29.2 Å². The van der Waals surface area contributed by atoms with Crippen LogP contribution >= 0.6 is 11.6 Å². The summed E-state index contributed by atoms with van der Waals surface area (Å²) >= 11 is 5.79. The van der Waals surface area contributed by atoms with Crippen LogP contribution < -0.4 is 10.6 Å². The van der Waals surface area contributed by atoms with Crippen molar-refractivity contribution in [1.29, 1.82) is 0 Å². The third kappa shape index (κ3) is 3.03. The summed E-state index contributed by atoms with van der Waals surface area (Å²) in [7, 11) is 0. The monoisotopic (exact) mass is 296 g/mol. The average molecular weight is 297 g/mol. The largest absolute Gasteiger partial charge is 0.365 e. The van der Waals surface area contributed by atoms with Crippen LogP contribution in [0.5, 0.6) is 0 Å². The molecular formula is C14H21ClN4O. The molecule has 2 rings (SSSR count). The summed E-state index contributed by atoms with van der Waals surface area (Å²) in [6.45, 7) is 6.25. The smallest absolute Gasteiger partial charge is 0.252 e. The summed E-state index contributed by atoms with van der Waals surface area (Å²) in [6.07, 6.45) is 3.49. The van der Waals surface area contributed by atoms with E-state index in [9.17, 15) is 4.79 Å². The molecule has 1 aliphatic heterocycles. The van der Waals surface area contributed by atoms with Crippen LogP contribution in [0.2, 0.25) is 5.15 Å². The minimum Gasteiger partial charge on any atom is -0.365 e. The molecule has 0 aliphatic carbocycles. The van der Waals surface area contributed by atoms with Gasteiger partial charge in [0.15, 0.2) is 11.0 Å². The maximum atomic E-state index is 11.5. The minimum absolute atomic E-state index is 0.193. The molecule has 110 valence electrons. The highest BCUT2D eigenvalue weighted by Gasteiger charge is 2.30. The lowest BCUT2D eigenvalue weighted by Crippen LogP contribution is -2.27. The van der Waals surface area contributed by atoms with Gasteiger partial charge in [-0.3, -0.25) is 4.79 Å². The van der Waals surface area contributed by atoms with Crippen molar-refractivity contribution in [2.24, 2.45) is 17.6 Å². The van der Waals surface area contributed by atoms with Crippen LogP contribution in [0.3, 0.4) is 0 Å². The molecule has 0 spiro atoms. The molecule has 2 N–H and O–H groups in total. The normalized spacial score (nSPS) is 18.8. The first-order chi connectivity index (χ1) is 9.56. The Morgan fingerprint density at radius 1 is 1.50 bits per heavy atom. The summed E-state index contributed by atoms with van der Waals surface area (Å²) < 4.78 is 0. The van der Waals surface area contributed by atoms with Gasteiger partial charge in [0, 0.05) is 13.1 Å². The Morgan fingerprint density at radius 2 is 2.20 bits per heavy atom. The third-order valence-corrected chi connectivity index (χ3v) is 4.43. The molecule has 0 bridgehead atoms. The second kappa shape index (κ2) is 6.39. The lowest BCUT2D eigenvalue weighted by Gasteiger charge is -2.22. The Balaban J connectivity index is 2.20.